The number of nitrogens with one attached hydrogen (secondary N) is 2. The molecular formula is C17H28IN5S. The number of thiazole rings is 1. The minimum atomic E-state index is 0. The lowest BCUT2D eigenvalue weighted by Gasteiger charge is -2.19. The van der Waals surface area contributed by atoms with Gasteiger partial charge in [-0.3, -0.25) is 0 Å². The first-order chi connectivity index (χ1) is 10.9. The highest BCUT2D eigenvalue weighted by Crippen LogP contribution is 2.25. The highest BCUT2D eigenvalue weighted by molar-refractivity contribution is 14.0. The van der Waals surface area contributed by atoms with Crippen LogP contribution in [0.4, 0.5) is 0 Å². The average molecular weight is 461 g/mol. The Morgan fingerprint density at radius 3 is 2.79 bits per heavy atom. The zero-order valence-electron chi connectivity index (χ0n) is 14.9. The zero-order chi connectivity index (χ0) is 16.9. The Kier molecular flexibility index (Phi) is 8.43. The summed E-state index contributed by atoms with van der Waals surface area (Å²) in [5.74, 6) is 0.873. The van der Waals surface area contributed by atoms with Gasteiger partial charge in [0.05, 0.1) is 24.2 Å². The Hall–Kier alpha value is -0.880. The smallest absolute Gasteiger partial charge is 0.191 e. The van der Waals surface area contributed by atoms with E-state index < -0.39 is 0 Å². The fourth-order valence-corrected chi connectivity index (χ4v) is 3.60. The molecule has 7 heteroatoms. The first-order valence-electron chi connectivity index (χ1n) is 8.33. The van der Waals surface area contributed by atoms with Gasteiger partial charge in [0.25, 0.3) is 0 Å². The Bertz CT molecular complexity index is 585. The van der Waals surface area contributed by atoms with E-state index in [-0.39, 0.29) is 41.4 Å². The van der Waals surface area contributed by atoms with Gasteiger partial charge in [0.2, 0.25) is 0 Å². The van der Waals surface area contributed by atoms with Gasteiger partial charge in [-0.2, -0.15) is 5.26 Å². The van der Waals surface area contributed by atoms with Gasteiger partial charge >= 0.3 is 0 Å². The average Bonchev–Trinajstić information content (AvgIpc) is 3.13. The molecule has 24 heavy (non-hydrogen) atoms. The summed E-state index contributed by atoms with van der Waals surface area (Å²) in [6, 6.07) is 2.61. The van der Waals surface area contributed by atoms with Crippen LogP contribution in [0.3, 0.4) is 0 Å². The van der Waals surface area contributed by atoms with Gasteiger partial charge in [-0.15, -0.1) is 35.3 Å². The molecule has 134 valence electrons. The van der Waals surface area contributed by atoms with E-state index in [2.05, 4.69) is 59.8 Å². The van der Waals surface area contributed by atoms with E-state index in [0.29, 0.717) is 6.54 Å². The van der Waals surface area contributed by atoms with Crippen molar-refractivity contribution in [2.24, 2.45) is 10.9 Å². The molecule has 0 bridgehead atoms. The van der Waals surface area contributed by atoms with E-state index in [1.807, 2.05) is 0 Å². The second-order valence-corrected chi connectivity index (χ2v) is 7.93. The fourth-order valence-electron chi connectivity index (χ4n) is 2.66. The van der Waals surface area contributed by atoms with Crippen LogP contribution in [0, 0.1) is 17.2 Å². The van der Waals surface area contributed by atoms with Crippen LogP contribution in [0.5, 0.6) is 0 Å². The molecule has 1 saturated carbocycles. The maximum absolute atomic E-state index is 9.21. The van der Waals surface area contributed by atoms with Crippen molar-refractivity contribution in [3.8, 4) is 6.07 Å². The van der Waals surface area contributed by atoms with E-state index in [1.165, 1.54) is 0 Å². The number of hydrogen-bond acceptors (Lipinski definition) is 4. The Morgan fingerprint density at radius 2 is 2.21 bits per heavy atom. The van der Waals surface area contributed by atoms with Gasteiger partial charge in [0, 0.05) is 23.4 Å². The van der Waals surface area contributed by atoms with Crippen LogP contribution in [-0.2, 0) is 12.0 Å². The normalized spacial score (nSPS) is 21.0. The van der Waals surface area contributed by atoms with Crippen molar-refractivity contribution in [2.45, 2.75) is 65.0 Å². The number of aromatic nitrogens is 1. The molecular weight excluding hydrogens is 433 g/mol. The van der Waals surface area contributed by atoms with Crippen molar-refractivity contribution in [3.63, 3.8) is 0 Å². The molecule has 2 N–H and O–H groups in total. The third kappa shape index (κ3) is 5.88. The summed E-state index contributed by atoms with van der Waals surface area (Å²) in [6.45, 7) is 9.93. The largest absolute Gasteiger partial charge is 0.357 e. The van der Waals surface area contributed by atoms with Gasteiger partial charge in [-0.25, -0.2) is 9.98 Å². The van der Waals surface area contributed by atoms with Crippen molar-refractivity contribution in [2.75, 3.05) is 6.54 Å². The lowest BCUT2D eigenvalue weighted by Crippen LogP contribution is -2.44. The monoisotopic (exact) mass is 461 g/mol. The molecule has 0 aliphatic heterocycles. The molecule has 1 heterocycles. The predicted molar refractivity (Wildman–Crippen MR) is 111 cm³/mol. The lowest BCUT2D eigenvalue weighted by molar-refractivity contribution is 0.532. The number of hydrogen-bond donors (Lipinski definition) is 2. The molecule has 2 rings (SSSR count). The van der Waals surface area contributed by atoms with Gasteiger partial charge in [0.15, 0.2) is 5.96 Å². The molecule has 0 aromatic carbocycles. The minimum absolute atomic E-state index is 0. The summed E-state index contributed by atoms with van der Waals surface area (Å²) in [4.78, 5) is 9.32. The van der Waals surface area contributed by atoms with Crippen LogP contribution in [-0.4, -0.2) is 23.5 Å². The van der Waals surface area contributed by atoms with E-state index >= 15 is 0 Å². The fraction of sp³-hybridized carbons (Fsp3) is 0.706. The molecule has 0 saturated heterocycles. The molecule has 0 amide bonds. The number of rotatable bonds is 4. The quantitative estimate of drug-likeness (QED) is 0.407. The van der Waals surface area contributed by atoms with E-state index in [9.17, 15) is 5.26 Å². The van der Waals surface area contributed by atoms with Crippen LogP contribution >= 0.6 is 35.3 Å². The second kappa shape index (κ2) is 9.56. The first kappa shape index (κ1) is 21.2. The molecule has 5 nitrogen and oxygen atoms in total. The highest BCUT2D eigenvalue weighted by atomic mass is 127. The number of guanidine groups is 1. The van der Waals surface area contributed by atoms with Crippen molar-refractivity contribution >= 4 is 41.3 Å². The molecule has 0 radical (unpaired) electrons. The number of nitrogens with zero attached hydrogens (tertiary/aromatic N) is 3. The number of aliphatic imine (C=N–C) groups is 1. The van der Waals surface area contributed by atoms with E-state index in [4.69, 9.17) is 0 Å². The Labute approximate surface area is 166 Å². The first-order valence-corrected chi connectivity index (χ1v) is 9.21. The summed E-state index contributed by atoms with van der Waals surface area (Å²) < 4.78 is 0. The van der Waals surface area contributed by atoms with E-state index in [1.54, 1.807) is 11.3 Å². The summed E-state index contributed by atoms with van der Waals surface area (Å²) >= 11 is 1.66. The second-order valence-electron chi connectivity index (χ2n) is 6.99. The molecule has 1 fully saturated rings. The van der Waals surface area contributed by atoms with Crippen molar-refractivity contribution < 1.29 is 0 Å². The van der Waals surface area contributed by atoms with Crippen LogP contribution < -0.4 is 10.6 Å². The molecule has 2 unspecified atom stereocenters. The Balaban J connectivity index is 0.00000288. The molecule has 0 spiro atoms. The zero-order valence-corrected chi connectivity index (χ0v) is 18.1. The van der Waals surface area contributed by atoms with Gasteiger partial charge in [-0.1, -0.05) is 20.8 Å². The molecule has 1 aromatic heterocycles. The summed E-state index contributed by atoms with van der Waals surface area (Å²) in [5.41, 5.74) is 1.19. The van der Waals surface area contributed by atoms with Gasteiger partial charge in [0.1, 0.15) is 5.01 Å². The van der Waals surface area contributed by atoms with Crippen molar-refractivity contribution in [1.29, 1.82) is 5.26 Å². The molecule has 2 atom stereocenters. The van der Waals surface area contributed by atoms with Crippen LogP contribution in [0.1, 0.15) is 57.7 Å². The maximum Gasteiger partial charge on any atom is 0.191 e. The number of halogens is 1. The van der Waals surface area contributed by atoms with Crippen molar-refractivity contribution in [1.82, 2.24) is 15.6 Å². The third-order valence-corrected chi connectivity index (χ3v) is 4.87. The summed E-state index contributed by atoms with van der Waals surface area (Å²) in [6.07, 6.45) is 3.12. The highest BCUT2D eigenvalue weighted by Gasteiger charge is 2.27. The topological polar surface area (TPSA) is 73.1 Å². The van der Waals surface area contributed by atoms with Crippen molar-refractivity contribution in [3.05, 3.63) is 16.1 Å². The Morgan fingerprint density at radius 1 is 1.46 bits per heavy atom. The van der Waals surface area contributed by atoms with Crippen LogP contribution in [0.25, 0.3) is 0 Å². The lowest BCUT2D eigenvalue weighted by atomic mass is 9.93. The van der Waals surface area contributed by atoms with E-state index in [0.717, 1.165) is 42.5 Å². The minimum Gasteiger partial charge on any atom is -0.357 e. The SMILES string of the molecule is CCNC(=NCc1nc(C(C)(C)C)cs1)NC1CCCC1C#N.I. The predicted octanol–water partition coefficient (Wildman–Crippen LogP) is 3.81. The standard InChI is InChI=1S/C17H27N5S.HI/c1-5-19-16(21-13-8-6-7-12(13)9-18)20-10-15-22-14(11-23-15)17(2,3)4;/h11-13H,5-8,10H2,1-4H3,(H2,19,20,21);1H. The summed E-state index contributed by atoms with van der Waals surface area (Å²) in [5, 5.41) is 19.0. The van der Waals surface area contributed by atoms with Crippen LogP contribution in [0.15, 0.2) is 10.4 Å². The molecule has 1 aliphatic carbocycles. The van der Waals surface area contributed by atoms with Gasteiger partial charge < -0.3 is 10.6 Å². The van der Waals surface area contributed by atoms with Crippen LogP contribution in [0.2, 0.25) is 0 Å². The molecule has 1 aromatic rings. The van der Waals surface area contributed by atoms with Gasteiger partial charge in [-0.05, 0) is 26.2 Å². The summed E-state index contributed by atoms with van der Waals surface area (Å²) in [7, 11) is 0. The third-order valence-electron chi connectivity index (χ3n) is 4.04. The maximum atomic E-state index is 9.21. The molecule has 1 aliphatic rings. The number of nitriles is 1.